The minimum absolute atomic E-state index is 0.221. The van der Waals surface area contributed by atoms with E-state index in [1.54, 1.807) is 13.0 Å². The van der Waals surface area contributed by atoms with E-state index in [1.165, 1.54) is 13.2 Å². The lowest BCUT2D eigenvalue weighted by Crippen LogP contribution is -2.05. The molecule has 1 rings (SSSR count). The second-order valence-electron chi connectivity index (χ2n) is 2.43. The number of ether oxygens (including phenoxy) is 1. The molecular weight excluding hydrogens is 168 g/mol. The first-order chi connectivity index (χ1) is 6.19. The zero-order valence-electron chi connectivity index (χ0n) is 7.37. The minimum Gasteiger partial charge on any atom is -0.464 e. The van der Waals surface area contributed by atoms with Gasteiger partial charge >= 0.3 is 5.97 Å². The number of nitriles is 1. The van der Waals surface area contributed by atoms with Crippen molar-refractivity contribution in [3.63, 3.8) is 0 Å². The van der Waals surface area contributed by atoms with Crippen LogP contribution < -0.4 is 0 Å². The fourth-order valence-electron chi connectivity index (χ4n) is 0.897. The average Bonchev–Trinajstić information content (AvgIpc) is 2.16. The Labute approximate surface area is 75.8 Å². The van der Waals surface area contributed by atoms with Crippen LogP contribution in [-0.2, 0) is 4.74 Å². The number of nitrogens with zero attached hydrogens (tertiary/aromatic N) is 2. The first-order valence-electron chi connectivity index (χ1n) is 3.65. The van der Waals surface area contributed by atoms with Gasteiger partial charge in [-0.2, -0.15) is 5.26 Å². The van der Waals surface area contributed by atoms with Crippen LogP contribution in [0.15, 0.2) is 12.1 Å². The third kappa shape index (κ3) is 1.82. The maximum atomic E-state index is 11.0. The zero-order valence-corrected chi connectivity index (χ0v) is 7.37. The average molecular weight is 176 g/mol. The van der Waals surface area contributed by atoms with Gasteiger partial charge in [-0.1, -0.05) is 0 Å². The maximum absolute atomic E-state index is 11.0. The van der Waals surface area contributed by atoms with Gasteiger partial charge in [-0.3, -0.25) is 0 Å². The molecule has 4 heteroatoms. The Bertz CT molecular complexity index is 380. The standard InChI is InChI=1S/C9H8N2O2/c1-6-7(5-10)3-4-8(11-6)9(12)13-2/h3-4H,1-2H3. The summed E-state index contributed by atoms with van der Waals surface area (Å²) >= 11 is 0. The Kier molecular flexibility index (Phi) is 2.60. The molecule has 0 aromatic carbocycles. The summed E-state index contributed by atoms with van der Waals surface area (Å²) in [4.78, 5) is 14.9. The normalized spacial score (nSPS) is 9.00. The number of pyridine rings is 1. The summed E-state index contributed by atoms with van der Waals surface area (Å²) in [6.07, 6.45) is 0. The quantitative estimate of drug-likeness (QED) is 0.600. The summed E-state index contributed by atoms with van der Waals surface area (Å²) in [5.74, 6) is -0.493. The van der Waals surface area contributed by atoms with E-state index >= 15 is 0 Å². The minimum atomic E-state index is -0.493. The van der Waals surface area contributed by atoms with Gasteiger partial charge in [-0.25, -0.2) is 9.78 Å². The molecule has 0 saturated carbocycles. The van der Waals surface area contributed by atoms with Gasteiger partial charge in [0.15, 0.2) is 0 Å². The third-order valence-electron chi connectivity index (χ3n) is 1.60. The topological polar surface area (TPSA) is 63.0 Å². The van der Waals surface area contributed by atoms with Crippen molar-refractivity contribution in [2.24, 2.45) is 0 Å². The highest BCUT2D eigenvalue weighted by Gasteiger charge is 2.08. The molecule has 4 nitrogen and oxygen atoms in total. The van der Waals surface area contributed by atoms with E-state index in [-0.39, 0.29) is 5.69 Å². The fraction of sp³-hybridized carbons (Fsp3) is 0.222. The molecule has 66 valence electrons. The van der Waals surface area contributed by atoms with Crippen molar-refractivity contribution in [1.29, 1.82) is 5.26 Å². The molecule has 0 spiro atoms. The fourth-order valence-corrected chi connectivity index (χ4v) is 0.897. The van der Waals surface area contributed by atoms with E-state index < -0.39 is 5.97 Å². The number of hydrogen-bond donors (Lipinski definition) is 0. The highest BCUT2D eigenvalue weighted by Crippen LogP contribution is 2.05. The number of esters is 1. The summed E-state index contributed by atoms with van der Waals surface area (Å²) in [6, 6.07) is 4.98. The number of aromatic nitrogens is 1. The van der Waals surface area contributed by atoms with E-state index in [9.17, 15) is 4.79 Å². The highest BCUT2D eigenvalue weighted by atomic mass is 16.5. The Morgan fingerprint density at radius 1 is 1.62 bits per heavy atom. The van der Waals surface area contributed by atoms with Crippen LogP contribution in [0.3, 0.4) is 0 Å². The van der Waals surface area contributed by atoms with Crippen LogP contribution in [0.4, 0.5) is 0 Å². The van der Waals surface area contributed by atoms with E-state index in [0.29, 0.717) is 11.3 Å². The lowest BCUT2D eigenvalue weighted by molar-refractivity contribution is 0.0594. The molecule has 0 fully saturated rings. The lowest BCUT2D eigenvalue weighted by Gasteiger charge is -2.00. The van der Waals surface area contributed by atoms with Crippen LogP contribution >= 0.6 is 0 Å². The van der Waals surface area contributed by atoms with Crippen LogP contribution in [-0.4, -0.2) is 18.1 Å². The van der Waals surface area contributed by atoms with Gasteiger partial charge in [-0.05, 0) is 19.1 Å². The van der Waals surface area contributed by atoms with E-state index in [4.69, 9.17) is 5.26 Å². The largest absolute Gasteiger partial charge is 0.464 e. The Balaban J connectivity index is 3.11. The first-order valence-corrected chi connectivity index (χ1v) is 3.65. The number of rotatable bonds is 1. The third-order valence-corrected chi connectivity index (χ3v) is 1.60. The molecular formula is C9H8N2O2. The van der Waals surface area contributed by atoms with Gasteiger partial charge in [0.05, 0.1) is 18.4 Å². The molecule has 0 aliphatic carbocycles. The molecule has 0 bridgehead atoms. The summed E-state index contributed by atoms with van der Waals surface area (Å²) in [5, 5.41) is 8.60. The van der Waals surface area contributed by atoms with Crippen LogP contribution in [0.1, 0.15) is 21.7 Å². The molecule has 0 aliphatic heterocycles. The van der Waals surface area contributed by atoms with Crippen LogP contribution in [0.2, 0.25) is 0 Å². The molecule has 1 aromatic heterocycles. The molecule has 0 saturated heterocycles. The van der Waals surface area contributed by atoms with Crippen molar-refractivity contribution in [2.75, 3.05) is 7.11 Å². The lowest BCUT2D eigenvalue weighted by atomic mass is 10.2. The summed E-state index contributed by atoms with van der Waals surface area (Å²) in [6.45, 7) is 1.67. The smallest absolute Gasteiger partial charge is 0.356 e. The van der Waals surface area contributed by atoms with Crippen LogP contribution in [0.5, 0.6) is 0 Å². The van der Waals surface area contributed by atoms with Crippen molar-refractivity contribution in [1.82, 2.24) is 4.98 Å². The van der Waals surface area contributed by atoms with E-state index in [0.717, 1.165) is 0 Å². The monoisotopic (exact) mass is 176 g/mol. The molecule has 0 aliphatic rings. The highest BCUT2D eigenvalue weighted by molar-refractivity contribution is 5.87. The van der Waals surface area contributed by atoms with Gasteiger partial charge in [0, 0.05) is 0 Å². The number of aryl methyl sites for hydroxylation is 1. The Morgan fingerprint density at radius 2 is 2.31 bits per heavy atom. The van der Waals surface area contributed by atoms with Crippen molar-refractivity contribution in [3.8, 4) is 6.07 Å². The first kappa shape index (κ1) is 9.20. The predicted molar refractivity (Wildman–Crippen MR) is 45.0 cm³/mol. The Hall–Kier alpha value is -1.89. The van der Waals surface area contributed by atoms with Crippen molar-refractivity contribution in [3.05, 3.63) is 29.1 Å². The number of carbonyl (C=O) groups is 1. The maximum Gasteiger partial charge on any atom is 0.356 e. The molecule has 0 unspecified atom stereocenters. The SMILES string of the molecule is COC(=O)c1ccc(C#N)c(C)n1. The predicted octanol–water partition coefficient (Wildman–Crippen LogP) is 1.05. The summed E-state index contributed by atoms with van der Waals surface area (Å²) in [5.41, 5.74) is 1.22. The molecule has 1 heterocycles. The van der Waals surface area contributed by atoms with Gasteiger partial charge in [0.25, 0.3) is 0 Å². The Morgan fingerprint density at radius 3 is 2.77 bits per heavy atom. The summed E-state index contributed by atoms with van der Waals surface area (Å²) in [7, 11) is 1.29. The van der Waals surface area contributed by atoms with Crippen molar-refractivity contribution in [2.45, 2.75) is 6.92 Å². The molecule has 0 radical (unpaired) electrons. The number of carbonyl (C=O) groups excluding carboxylic acids is 1. The van der Waals surface area contributed by atoms with Crippen LogP contribution in [0, 0.1) is 18.3 Å². The van der Waals surface area contributed by atoms with Gasteiger partial charge < -0.3 is 4.74 Å². The van der Waals surface area contributed by atoms with Gasteiger partial charge in [0.1, 0.15) is 11.8 Å². The van der Waals surface area contributed by atoms with Crippen molar-refractivity contribution >= 4 is 5.97 Å². The zero-order chi connectivity index (χ0) is 9.84. The number of methoxy groups -OCH3 is 1. The van der Waals surface area contributed by atoms with Crippen LogP contribution in [0.25, 0.3) is 0 Å². The second kappa shape index (κ2) is 3.68. The summed E-state index contributed by atoms with van der Waals surface area (Å²) < 4.78 is 4.48. The molecule has 0 amide bonds. The van der Waals surface area contributed by atoms with Crippen molar-refractivity contribution < 1.29 is 9.53 Å². The molecule has 1 aromatic rings. The molecule has 0 N–H and O–H groups in total. The van der Waals surface area contributed by atoms with E-state index in [2.05, 4.69) is 9.72 Å². The molecule has 0 atom stereocenters. The van der Waals surface area contributed by atoms with Gasteiger partial charge in [0.2, 0.25) is 0 Å². The number of hydrogen-bond acceptors (Lipinski definition) is 4. The van der Waals surface area contributed by atoms with Gasteiger partial charge in [-0.15, -0.1) is 0 Å². The van der Waals surface area contributed by atoms with E-state index in [1.807, 2.05) is 6.07 Å². The molecule has 13 heavy (non-hydrogen) atoms. The second-order valence-corrected chi connectivity index (χ2v) is 2.43.